The van der Waals surface area contributed by atoms with E-state index in [1.807, 2.05) is 48.5 Å². The second kappa shape index (κ2) is 8.71. The number of hydrogen-bond donors (Lipinski definition) is 1. The summed E-state index contributed by atoms with van der Waals surface area (Å²) in [6.07, 6.45) is 3.28. The maximum Gasteiger partial charge on any atom is 0.244 e. The molecule has 2 aromatic rings. The molecule has 1 heterocycles. The number of benzene rings is 2. The Hall–Kier alpha value is -2.82. The van der Waals surface area contributed by atoms with Crippen LogP contribution in [0.1, 0.15) is 32.3 Å². The molecular weight excluding hydrogens is 338 g/mol. The molecule has 27 heavy (non-hydrogen) atoms. The van der Waals surface area contributed by atoms with Gasteiger partial charge in [0.05, 0.1) is 0 Å². The van der Waals surface area contributed by atoms with Gasteiger partial charge in [0, 0.05) is 37.1 Å². The molecule has 1 aliphatic rings. The van der Waals surface area contributed by atoms with Crippen molar-refractivity contribution in [2.75, 3.05) is 34.8 Å². The second-order valence-corrected chi connectivity index (χ2v) is 6.87. The van der Waals surface area contributed by atoms with E-state index in [1.165, 1.54) is 30.4 Å². The van der Waals surface area contributed by atoms with Gasteiger partial charge in [0.1, 0.15) is 6.54 Å². The van der Waals surface area contributed by atoms with Gasteiger partial charge in [-0.15, -0.1) is 0 Å². The van der Waals surface area contributed by atoms with Crippen LogP contribution in [0.5, 0.6) is 0 Å². The summed E-state index contributed by atoms with van der Waals surface area (Å²) in [4.78, 5) is 28.5. The van der Waals surface area contributed by atoms with Crippen LogP contribution in [0.3, 0.4) is 0 Å². The topological polar surface area (TPSA) is 52.7 Å². The maximum atomic E-state index is 12.5. The van der Waals surface area contributed by atoms with Gasteiger partial charge in [-0.1, -0.05) is 25.1 Å². The lowest BCUT2D eigenvalue weighted by Gasteiger charge is -2.23. The Morgan fingerprint density at radius 1 is 1.04 bits per heavy atom. The minimum Gasteiger partial charge on any atom is -0.372 e. The van der Waals surface area contributed by atoms with Crippen LogP contribution in [0, 0.1) is 0 Å². The fourth-order valence-electron chi connectivity index (χ4n) is 3.49. The summed E-state index contributed by atoms with van der Waals surface area (Å²) < 4.78 is 0. The Bertz CT molecular complexity index is 795. The van der Waals surface area contributed by atoms with Gasteiger partial charge in [0.2, 0.25) is 11.8 Å². The molecule has 0 aromatic heterocycles. The zero-order valence-corrected chi connectivity index (χ0v) is 16.1. The van der Waals surface area contributed by atoms with Gasteiger partial charge in [-0.3, -0.25) is 9.59 Å². The minimum absolute atomic E-state index is 0.00353. The summed E-state index contributed by atoms with van der Waals surface area (Å²) >= 11 is 0. The predicted octanol–water partition coefficient (Wildman–Crippen LogP) is 3.84. The number of rotatable bonds is 6. The molecule has 1 saturated heterocycles. The Morgan fingerprint density at radius 2 is 1.70 bits per heavy atom. The highest BCUT2D eigenvalue weighted by atomic mass is 16.2. The molecule has 3 rings (SSSR count). The van der Waals surface area contributed by atoms with Crippen molar-refractivity contribution in [2.24, 2.45) is 0 Å². The van der Waals surface area contributed by atoms with Crippen molar-refractivity contribution in [3.05, 3.63) is 54.1 Å². The van der Waals surface area contributed by atoms with Gasteiger partial charge < -0.3 is 15.1 Å². The summed E-state index contributed by atoms with van der Waals surface area (Å²) in [6.45, 7) is 5.69. The molecule has 1 fully saturated rings. The average molecular weight is 365 g/mol. The lowest BCUT2D eigenvalue weighted by atomic mass is 10.1. The van der Waals surface area contributed by atoms with Gasteiger partial charge >= 0.3 is 0 Å². The van der Waals surface area contributed by atoms with E-state index >= 15 is 0 Å². The first-order valence-electron chi connectivity index (χ1n) is 9.59. The zero-order valence-electron chi connectivity index (χ0n) is 16.1. The predicted molar refractivity (Wildman–Crippen MR) is 110 cm³/mol. The lowest BCUT2D eigenvalue weighted by molar-refractivity contribution is -0.120. The van der Waals surface area contributed by atoms with Gasteiger partial charge in [-0.05, 0) is 55.2 Å². The number of hydrogen-bond acceptors (Lipinski definition) is 3. The Balaban J connectivity index is 1.70. The molecule has 1 N–H and O–H groups in total. The largest absolute Gasteiger partial charge is 0.372 e. The Kier molecular flexibility index (Phi) is 6.12. The molecule has 5 nitrogen and oxygen atoms in total. The standard InChI is InChI=1S/C22H27N3O2/c1-3-18-8-4-5-9-21(18)23-22(27)16-25(17(2)26)20-12-10-19(11-13-20)24-14-6-7-15-24/h4-5,8-13H,3,6-7,14-16H2,1-2H3,(H,23,27). The quantitative estimate of drug-likeness (QED) is 0.846. The number of para-hydroxylation sites is 1. The third-order valence-corrected chi connectivity index (χ3v) is 4.99. The molecular formula is C22H27N3O2. The number of amides is 2. The third-order valence-electron chi connectivity index (χ3n) is 4.99. The maximum absolute atomic E-state index is 12.5. The van der Waals surface area contributed by atoms with Crippen molar-refractivity contribution >= 4 is 28.9 Å². The first-order valence-corrected chi connectivity index (χ1v) is 9.59. The molecule has 2 aromatic carbocycles. The van der Waals surface area contributed by atoms with Crippen molar-refractivity contribution < 1.29 is 9.59 Å². The molecule has 0 radical (unpaired) electrons. The number of nitrogens with one attached hydrogen (secondary N) is 1. The normalized spacial score (nSPS) is 13.5. The van der Waals surface area contributed by atoms with Gasteiger partial charge in [0.25, 0.3) is 0 Å². The molecule has 0 aliphatic carbocycles. The van der Waals surface area contributed by atoms with Crippen LogP contribution in [0.4, 0.5) is 17.1 Å². The zero-order chi connectivity index (χ0) is 19.2. The monoisotopic (exact) mass is 365 g/mol. The number of nitrogens with zero attached hydrogens (tertiary/aromatic N) is 2. The summed E-state index contributed by atoms with van der Waals surface area (Å²) in [5.41, 5.74) is 3.79. The summed E-state index contributed by atoms with van der Waals surface area (Å²) in [5.74, 6) is -0.349. The van der Waals surface area contributed by atoms with Crippen LogP contribution in [0.15, 0.2) is 48.5 Å². The Morgan fingerprint density at radius 3 is 2.33 bits per heavy atom. The van der Waals surface area contributed by atoms with E-state index in [4.69, 9.17) is 0 Å². The van der Waals surface area contributed by atoms with Gasteiger partial charge in [-0.2, -0.15) is 0 Å². The molecule has 0 unspecified atom stereocenters. The van der Waals surface area contributed by atoms with Crippen molar-refractivity contribution in [3.63, 3.8) is 0 Å². The smallest absolute Gasteiger partial charge is 0.244 e. The fraction of sp³-hybridized carbons (Fsp3) is 0.364. The number of carbonyl (C=O) groups is 2. The van der Waals surface area contributed by atoms with Gasteiger partial charge in [0.15, 0.2) is 0 Å². The number of carbonyl (C=O) groups excluding carboxylic acids is 2. The third kappa shape index (κ3) is 4.67. The van der Waals surface area contributed by atoms with E-state index in [0.717, 1.165) is 36.4 Å². The van der Waals surface area contributed by atoms with Crippen molar-refractivity contribution in [2.45, 2.75) is 33.1 Å². The van der Waals surface area contributed by atoms with Gasteiger partial charge in [-0.25, -0.2) is 0 Å². The van der Waals surface area contributed by atoms with E-state index in [2.05, 4.69) is 17.1 Å². The van der Waals surface area contributed by atoms with Crippen LogP contribution < -0.4 is 15.1 Å². The molecule has 0 atom stereocenters. The molecule has 142 valence electrons. The van der Waals surface area contributed by atoms with Crippen LogP contribution >= 0.6 is 0 Å². The first-order chi connectivity index (χ1) is 13.1. The molecule has 0 spiro atoms. The fourth-order valence-corrected chi connectivity index (χ4v) is 3.49. The van der Waals surface area contributed by atoms with Crippen LogP contribution in [-0.4, -0.2) is 31.4 Å². The SMILES string of the molecule is CCc1ccccc1NC(=O)CN(C(C)=O)c1ccc(N2CCCC2)cc1. The summed E-state index contributed by atoms with van der Waals surface area (Å²) in [5, 5.41) is 2.93. The van der Waals surface area contributed by atoms with Crippen molar-refractivity contribution in [1.82, 2.24) is 0 Å². The summed E-state index contributed by atoms with van der Waals surface area (Å²) in [7, 11) is 0. The average Bonchev–Trinajstić information content (AvgIpc) is 3.21. The van der Waals surface area contributed by atoms with Crippen molar-refractivity contribution in [3.8, 4) is 0 Å². The second-order valence-electron chi connectivity index (χ2n) is 6.87. The van der Waals surface area contributed by atoms with E-state index in [-0.39, 0.29) is 18.4 Å². The van der Waals surface area contributed by atoms with Crippen LogP contribution in [0.2, 0.25) is 0 Å². The molecule has 0 bridgehead atoms. The van der Waals surface area contributed by atoms with E-state index in [9.17, 15) is 9.59 Å². The highest BCUT2D eigenvalue weighted by Crippen LogP contribution is 2.24. The van der Waals surface area contributed by atoms with Crippen LogP contribution in [0.25, 0.3) is 0 Å². The first kappa shape index (κ1) is 19.0. The summed E-state index contributed by atoms with van der Waals surface area (Å²) in [6, 6.07) is 15.6. The number of aryl methyl sites for hydroxylation is 1. The van der Waals surface area contributed by atoms with E-state index in [1.54, 1.807) is 0 Å². The van der Waals surface area contributed by atoms with Crippen LogP contribution in [-0.2, 0) is 16.0 Å². The lowest BCUT2D eigenvalue weighted by Crippen LogP contribution is -2.36. The minimum atomic E-state index is -0.199. The molecule has 1 aliphatic heterocycles. The molecule has 0 saturated carbocycles. The van der Waals surface area contributed by atoms with E-state index in [0.29, 0.717) is 0 Å². The van der Waals surface area contributed by atoms with E-state index < -0.39 is 0 Å². The molecule has 2 amide bonds. The van der Waals surface area contributed by atoms with Crippen molar-refractivity contribution in [1.29, 1.82) is 0 Å². The highest BCUT2D eigenvalue weighted by Gasteiger charge is 2.18. The highest BCUT2D eigenvalue weighted by molar-refractivity contribution is 6.02. The number of anilines is 3. The Labute approximate surface area is 161 Å². The molecule has 5 heteroatoms.